The second-order valence-electron chi connectivity index (χ2n) is 5.42. The summed E-state index contributed by atoms with van der Waals surface area (Å²) in [6.45, 7) is 3.12. The standard InChI is InChI=1S/C17H18N4O2/c1-22-14-5-3-2-4-12(14)13-10-18-16-15(13)17(20-11-19-16)21-6-8-23-9-7-21/h2-5,10-11H,6-9H2,1H3,(H,18,19,20). The van der Waals surface area contributed by atoms with E-state index in [2.05, 4.69) is 25.9 Å². The molecule has 1 aromatic carbocycles. The molecule has 0 bridgehead atoms. The molecule has 4 rings (SSSR count). The van der Waals surface area contributed by atoms with Crippen LogP contribution < -0.4 is 9.64 Å². The van der Waals surface area contributed by atoms with Gasteiger partial charge in [-0.25, -0.2) is 9.97 Å². The van der Waals surface area contributed by atoms with Crippen molar-refractivity contribution in [2.24, 2.45) is 0 Å². The highest BCUT2D eigenvalue weighted by atomic mass is 16.5. The third kappa shape index (κ3) is 2.41. The molecule has 6 heteroatoms. The van der Waals surface area contributed by atoms with Gasteiger partial charge in [0, 0.05) is 30.4 Å². The molecule has 0 aliphatic carbocycles. The first kappa shape index (κ1) is 14.0. The van der Waals surface area contributed by atoms with Gasteiger partial charge in [-0.05, 0) is 6.07 Å². The largest absolute Gasteiger partial charge is 0.496 e. The molecule has 1 fully saturated rings. The van der Waals surface area contributed by atoms with Crippen molar-refractivity contribution in [1.29, 1.82) is 0 Å². The van der Waals surface area contributed by atoms with Crippen molar-refractivity contribution in [1.82, 2.24) is 15.0 Å². The molecule has 3 heterocycles. The summed E-state index contributed by atoms with van der Waals surface area (Å²) in [5.74, 6) is 1.78. The zero-order valence-corrected chi connectivity index (χ0v) is 13.0. The monoisotopic (exact) mass is 310 g/mol. The molecule has 0 radical (unpaired) electrons. The van der Waals surface area contributed by atoms with Crippen molar-refractivity contribution in [3.63, 3.8) is 0 Å². The van der Waals surface area contributed by atoms with Gasteiger partial charge in [-0.3, -0.25) is 0 Å². The summed E-state index contributed by atoms with van der Waals surface area (Å²) in [5, 5.41) is 1.03. The quantitative estimate of drug-likeness (QED) is 0.805. The summed E-state index contributed by atoms with van der Waals surface area (Å²) in [5.41, 5.74) is 2.92. The van der Waals surface area contributed by atoms with Crippen LogP contribution in [0, 0.1) is 0 Å². The molecule has 1 N–H and O–H groups in total. The topological polar surface area (TPSA) is 63.3 Å². The van der Waals surface area contributed by atoms with Gasteiger partial charge >= 0.3 is 0 Å². The first-order chi connectivity index (χ1) is 11.4. The Hall–Kier alpha value is -2.60. The first-order valence-electron chi connectivity index (χ1n) is 7.66. The Bertz CT molecular complexity index is 824. The van der Waals surface area contributed by atoms with Gasteiger partial charge in [0.15, 0.2) is 0 Å². The van der Waals surface area contributed by atoms with Gasteiger partial charge in [0.25, 0.3) is 0 Å². The fourth-order valence-corrected chi connectivity index (χ4v) is 3.04. The normalized spacial score (nSPS) is 15.1. The van der Waals surface area contributed by atoms with Gasteiger partial charge in [0.1, 0.15) is 23.5 Å². The molecular formula is C17H18N4O2. The maximum atomic E-state index is 5.52. The van der Waals surface area contributed by atoms with Crippen LogP contribution in [0.5, 0.6) is 5.75 Å². The third-order valence-corrected chi connectivity index (χ3v) is 4.16. The predicted molar refractivity (Wildman–Crippen MR) is 88.9 cm³/mol. The number of anilines is 1. The molecule has 0 saturated carbocycles. The zero-order chi connectivity index (χ0) is 15.6. The maximum Gasteiger partial charge on any atom is 0.143 e. The number of nitrogens with zero attached hydrogens (tertiary/aromatic N) is 3. The number of benzene rings is 1. The van der Waals surface area contributed by atoms with Crippen molar-refractivity contribution in [3.05, 3.63) is 36.8 Å². The molecule has 0 amide bonds. The van der Waals surface area contributed by atoms with Gasteiger partial charge in [0.2, 0.25) is 0 Å². The van der Waals surface area contributed by atoms with E-state index in [4.69, 9.17) is 9.47 Å². The number of hydrogen-bond acceptors (Lipinski definition) is 5. The smallest absolute Gasteiger partial charge is 0.143 e. The second-order valence-corrected chi connectivity index (χ2v) is 5.42. The van der Waals surface area contributed by atoms with E-state index in [9.17, 15) is 0 Å². The van der Waals surface area contributed by atoms with Crippen LogP contribution in [0.3, 0.4) is 0 Å². The van der Waals surface area contributed by atoms with E-state index < -0.39 is 0 Å². The summed E-state index contributed by atoms with van der Waals surface area (Å²) in [7, 11) is 1.69. The van der Waals surface area contributed by atoms with Crippen molar-refractivity contribution >= 4 is 16.9 Å². The van der Waals surface area contributed by atoms with Gasteiger partial charge < -0.3 is 19.4 Å². The van der Waals surface area contributed by atoms with Crippen molar-refractivity contribution < 1.29 is 9.47 Å². The lowest BCUT2D eigenvalue weighted by molar-refractivity contribution is 0.122. The number of para-hydroxylation sites is 1. The fraction of sp³-hybridized carbons (Fsp3) is 0.294. The number of hydrogen-bond donors (Lipinski definition) is 1. The molecule has 0 spiro atoms. The van der Waals surface area contributed by atoms with Crippen molar-refractivity contribution in [3.8, 4) is 16.9 Å². The SMILES string of the molecule is COc1ccccc1-c1c[nH]c2ncnc(N3CCOCC3)c12. The lowest BCUT2D eigenvalue weighted by atomic mass is 10.0. The minimum atomic E-state index is 0.722. The van der Waals surface area contributed by atoms with Crippen LogP contribution in [0.25, 0.3) is 22.2 Å². The summed E-state index contributed by atoms with van der Waals surface area (Å²) in [6.07, 6.45) is 3.58. The molecule has 23 heavy (non-hydrogen) atoms. The number of fused-ring (bicyclic) bond motifs is 1. The number of aromatic amines is 1. The maximum absolute atomic E-state index is 5.52. The van der Waals surface area contributed by atoms with Gasteiger partial charge in [-0.2, -0.15) is 0 Å². The Morgan fingerprint density at radius 2 is 1.96 bits per heavy atom. The number of methoxy groups -OCH3 is 1. The highest BCUT2D eigenvalue weighted by molar-refractivity contribution is 6.02. The van der Waals surface area contributed by atoms with E-state index in [1.54, 1.807) is 13.4 Å². The third-order valence-electron chi connectivity index (χ3n) is 4.16. The highest BCUT2D eigenvalue weighted by Crippen LogP contribution is 2.38. The van der Waals surface area contributed by atoms with E-state index in [0.29, 0.717) is 0 Å². The summed E-state index contributed by atoms with van der Waals surface area (Å²) >= 11 is 0. The summed E-state index contributed by atoms with van der Waals surface area (Å²) in [4.78, 5) is 14.4. The van der Waals surface area contributed by atoms with Crippen molar-refractivity contribution in [2.45, 2.75) is 0 Å². The van der Waals surface area contributed by atoms with Crippen LogP contribution in [-0.2, 0) is 4.74 Å². The molecule has 0 unspecified atom stereocenters. The molecule has 1 saturated heterocycles. The Kier molecular flexibility index (Phi) is 3.59. The van der Waals surface area contributed by atoms with E-state index in [0.717, 1.165) is 60.0 Å². The average molecular weight is 310 g/mol. The van der Waals surface area contributed by atoms with Crippen LogP contribution >= 0.6 is 0 Å². The van der Waals surface area contributed by atoms with Crippen LogP contribution in [0.4, 0.5) is 5.82 Å². The predicted octanol–water partition coefficient (Wildman–Crippen LogP) is 2.47. The van der Waals surface area contributed by atoms with E-state index >= 15 is 0 Å². The summed E-state index contributed by atoms with van der Waals surface area (Å²) < 4.78 is 11.0. The highest BCUT2D eigenvalue weighted by Gasteiger charge is 2.20. The fourth-order valence-electron chi connectivity index (χ4n) is 3.04. The number of rotatable bonds is 3. The Balaban J connectivity index is 1.91. The number of aromatic nitrogens is 3. The minimum Gasteiger partial charge on any atom is -0.496 e. The van der Waals surface area contributed by atoms with E-state index in [1.165, 1.54) is 0 Å². The second kappa shape index (κ2) is 5.89. The number of nitrogens with one attached hydrogen (secondary N) is 1. The van der Waals surface area contributed by atoms with Crippen molar-refractivity contribution in [2.75, 3.05) is 38.3 Å². The van der Waals surface area contributed by atoms with Crippen LogP contribution in [0.15, 0.2) is 36.8 Å². The van der Waals surface area contributed by atoms with E-state index in [-0.39, 0.29) is 0 Å². The number of H-pyrrole nitrogens is 1. The molecule has 1 aliphatic rings. The number of ether oxygens (including phenoxy) is 2. The number of morpholine rings is 1. The Morgan fingerprint density at radius 3 is 2.78 bits per heavy atom. The zero-order valence-electron chi connectivity index (χ0n) is 13.0. The van der Waals surface area contributed by atoms with Gasteiger partial charge in [-0.15, -0.1) is 0 Å². The molecule has 0 atom stereocenters. The van der Waals surface area contributed by atoms with E-state index in [1.807, 2.05) is 24.4 Å². The van der Waals surface area contributed by atoms with Crippen LogP contribution in [-0.4, -0.2) is 48.4 Å². The summed E-state index contributed by atoms with van der Waals surface area (Å²) in [6, 6.07) is 8.00. The molecule has 2 aromatic heterocycles. The molecule has 118 valence electrons. The Labute approximate surface area is 134 Å². The average Bonchev–Trinajstić information content (AvgIpc) is 3.06. The lowest BCUT2D eigenvalue weighted by Crippen LogP contribution is -2.36. The first-order valence-corrected chi connectivity index (χ1v) is 7.66. The molecular weight excluding hydrogens is 292 g/mol. The molecule has 3 aromatic rings. The minimum absolute atomic E-state index is 0.722. The molecule has 1 aliphatic heterocycles. The van der Waals surface area contributed by atoms with Gasteiger partial charge in [-0.1, -0.05) is 18.2 Å². The lowest BCUT2D eigenvalue weighted by Gasteiger charge is -2.28. The van der Waals surface area contributed by atoms with Gasteiger partial charge in [0.05, 0.1) is 25.7 Å². The van der Waals surface area contributed by atoms with Crippen LogP contribution in [0.1, 0.15) is 0 Å². The molecule has 6 nitrogen and oxygen atoms in total. The Morgan fingerprint density at radius 1 is 1.13 bits per heavy atom. The van der Waals surface area contributed by atoms with Crippen LogP contribution in [0.2, 0.25) is 0 Å².